The molecule has 11 nitrogen and oxygen atoms in total. The monoisotopic (exact) mass is 884 g/mol. The Morgan fingerprint density at radius 2 is 1.61 bits per heavy atom. The predicted octanol–water partition coefficient (Wildman–Crippen LogP) is 7.07. The zero-order valence-corrected chi connectivity index (χ0v) is 32.8. The lowest BCUT2D eigenvalue weighted by Crippen LogP contribution is -2.40. The standard InChI is InChI=1S/C42H32F8N6O5S/c43-23-2-8-28(32(46)18-23)22-1-7-29-33(16-22)52-40(56(41(29)58)26-3-5-27(6-4-26)62(59,60)54-9-11-61-12-10-54)34(15-21-13-24(44)17-25(45)14-21)51-35(57)20-55-38-36(37(53-55)39(47)48)30-19-31(30)42(38,49)50/h1-8,13-14,16-18,30-31,34,39H,9-12,15,19-20H2,(H,51,57)/t30-,31+,34-/m0/s1. The van der Waals surface area contributed by atoms with E-state index in [0.29, 0.717) is 16.8 Å². The number of morpholine rings is 1. The van der Waals surface area contributed by atoms with E-state index in [1.807, 2.05) is 0 Å². The molecule has 6 aromatic rings. The van der Waals surface area contributed by atoms with Crippen LogP contribution in [0.2, 0.25) is 0 Å². The average molecular weight is 885 g/mol. The maximum atomic E-state index is 15.4. The lowest BCUT2D eigenvalue weighted by atomic mass is 10.0. The SMILES string of the molecule is O=C(Cn1nc(C(F)F)c2c1C(F)(F)[C@@H]1C[C@H]21)N[C@@H](Cc1cc(F)cc(F)c1)c1nc2cc(-c3ccc(F)cc3F)ccc2c(=O)n1-c1ccc(S(=O)(=O)N2CCOCC2)cc1. The molecular formula is C42H32F8N6O5S. The van der Waals surface area contributed by atoms with E-state index in [-0.39, 0.29) is 82.3 Å². The van der Waals surface area contributed by atoms with Crippen LogP contribution in [0.3, 0.4) is 0 Å². The summed E-state index contributed by atoms with van der Waals surface area (Å²) >= 11 is 0. The summed E-state index contributed by atoms with van der Waals surface area (Å²) < 4.78 is 152. The van der Waals surface area contributed by atoms with E-state index in [2.05, 4.69) is 10.4 Å². The first-order chi connectivity index (χ1) is 29.5. The van der Waals surface area contributed by atoms with Crippen LogP contribution in [-0.4, -0.2) is 64.3 Å². The summed E-state index contributed by atoms with van der Waals surface area (Å²) in [6.45, 7) is -0.472. The van der Waals surface area contributed by atoms with Gasteiger partial charge in [-0.25, -0.2) is 39.7 Å². The molecule has 1 N–H and O–H groups in total. The third kappa shape index (κ3) is 7.32. The van der Waals surface area contributed by atoms with Crippen molar-refractivity contribution in [3.05, 3.63) is 141 Å². The summed E-state index contributed by atoms with van der Waals surface area (Å²) in [5.74, 6) is -10.9. The van der Waals surface area contributed by atoms with Gasteiger partial charge < -0.3 is 10.1 Å². The lowest BCUT2D eigenvalue weighted by Gasteiger charge is -2.26. The number of benzene rings is 4. The number of nitrogens with one attached hydrogen (secondary N) is 1. The van der Waals surface area contributed by atoms with Crippen LogP contribution in [-0.2, 0) is 38.4 Å². The summed E-state index contributed by atoms with van der Waals surface area (Å²) in [5.41, 5.74) is -2.90. The Hall–Kier alpha value is -5.99. The van der Waals surface area contributed by atoms with Crippen molar-refractivity contribution in [1.29, 1.82) is 0 Å². The summed E-state index contributed by atoms with van der Waals surface area (Å²) in [7, 11) is -4.02. The van der Waals surface area contributed by atoms with E-state index >= 15 is 8.78 Å². The highest BCUT2D eigenvalue weighted by atomic mass is 32.2. The number of carbonyl (C=O) groups excluding carboxylic acids is 1. The van der Waals surface area contributed by atoms with Crippen molar-refractivity contribution in [3.8, 4) is 16.8 Å². The van der Waals surface area contributed by atoms with E-state index < -0.39 is 99.3 Å². The topological polar surface area (TPSA) is 128 Å². The number of halogens is 8. The van der Waals surface area contributed by atoms with Gasteiger partial charge in [-0.05, 0) is 84.1 Å². The zero-order chi connectivity index (χ0) is 43.8. The second-order valence-corrected chi connectivity index (χ2v) is 17.2. The van der Waals surface area contributed by atoms with Crippen LogP contribution in [0, 0.1) is 29.2 Å². The van der Waals surface area contributed by atoms with Crippen LogP contribution in [0.4, 0.5) is 35.1 Å². The first-order valence-corrected chi connectivity index (χ1v) is 20.7. The minimum Gasteiger partial charge on any atom is -0.379 e. The number of amides is 1. The fourth-order valence-electron chi connectivity index (χ4n) is 8.41. The Kier molecular flexibility index (Phi) is 10.3. The molecule has 1 aliphatic heterocycles. The maximum absolute atomic E-state index is 15.4. The molecule has 1 saturated heterocycles. The van der Waals surface area contributed by atoms with E-state index in [9.17, 15) is 44.3 Å². The molecule has 3 aliphatic rings. The third-order valence-electron chi connectivity index (χ3n) is 11.3. The van der Waals surface area contributed by atoms with Gasteiger partial charge in [0.15, 0.2) is 0 Å². The third-order valence-corrected chi connectivity index (χ3v) is 13.2. The second-order valence-electron chi connectivity index (χ2n) is 15.3. The molecule has 0 spiro atoms. The molecule has 2 fully saturated rings. The predicted molar refractivity (Wildman–Crippen MR) is 205 cm³/mol. The minimum absolute atomic E-state index is 0.00370. The molecule has 3 heterocycles. The number of aromatic nitrogens is 4. The highest BCUT2D eigenvalue weighted by molar-refractivity contribution is 7.89. The minimum atomic E-state index is -4.02. The van der Waals surface area contributed by atoms with E-state index in [1.165, 1.54) is 52.8 Å². The van der Waals surface area contributed by atoms with E-state index in [0.717, 1.165) is 22.8 Å². The number of fused-ring (bicyclic) bond motifs is 4. The lowest BCUT2D eigenvalue weighted by molar-refractivity contribution is -0.123. The largest absolute Gasteiger partial charge is 0.379 e. The van der Waals surface area contributed by atoms with Gasteiger partial charge in [-0.2, -0.15) is 18.2 Å². The Balaban J connectivity index is 1.19. The van der Waals surface area contributed by atoms with Gasteiger partial charge in [0, 0.05) is 48.7 Å². The maximum Gasteiger partial charge on any atom is 0.293 e. The molecule has 1 amide bonds. The number of alkyl halides is 4. The first-order valence-electron chi connectivity index (χ1n) is 19.2. The van der Waals surface area contributed by atoms with Crippen molar-refractivity contribution in [3.63, 3.8) is 0 Å². The second kappa shape index (κ2) is 15.4. The van der Waals surface area contributed by atoms with Crippen LogP contribution < -0.4 is 10.9 Å². The number of hydrogen-bond acceptors (Lipinski definition) is 7. The van der Waals surface area contributed by atoms with Gasteiger partial charge in [-0.1, -0.05) is 6.07 Å². The molecule has 1 saturated carbocycles. The Bertz CT molecular complexity index is 2940. The van der Waals surface area contributed by atoms with Gasteiger partial charge in [-0.3, -0.25) is 18.8 Å². The number of carbonyl (C=O) groups is 1. The van der Waals surface area contributed by atoms with Crippen LogP contribution >= 0.6 is 0 Å². The molecule has 2 aromatic heterocycles. The number of hydrogen-bond donors (Lipinski definition) is 1. The molecule has 3 atom stereocenters. The van der Waals surface area contributed by atoms with Crippen LogP contribution in [0.25, 0.3) is 27.7 Å². The van der Waals surface area contributed by atoms with Gasteiger partial charge in [0.1, 0.15) is 47.0 Å². The van der Waals surface area contributed by atoms with Crippen molar-refractivity contribution in [1.82, 2.24) is 29.0 Å². The molecule has 2 aliphatic carbocycles. The van der Waals surface area contributed by atoms with Crippen molar-refractivity contribution in [2.24, 2.45) is 5.92 Å². The van der Waals surface area contributed by atoms with Crippen molar-refractivity contribution in [2.75, 3.05) is 26.3 Å². The number of sulfonamides is 1. The first kappa shape index (κ1) is 41.4. The molecule has 20 heteroatoms. The Labute approximate surface area is 346 Å². The number of ether oxygens (including phenoxy) is 1. The summed E-state index contributed by atoms with van der Waals surface area (Å²) in [4.78, 5) is 33.2. The molecular weight excluding hydrogens is 853 g/mol. The van der Waals surface area contributed by atoms with E-state index in [1.54, 1.807) is 0 Å². The van der Waals surface area contributed by atoms with Crippen molar-refractivity contribution in [2.45, 2.75) is 48.6 Å². The van der Waals surface area contributed by atoms with Crippen LogP contribution in [0.15, 0.2) is 88.6 Å². The summed E-state index contributed by atoms with van der Waals surface area (Å²) in [6, 6.07) is 12.8. The molecule has 322 valence electrons. The van der Waals surface area contributed by atoms with Crippen molar-refractivity contribution < 1.29 is 53.1 Å². The highest BCUT2D eigenvalue weighted by Gasteiger charge is 2.67. The van der Waals surface area contributed by atoms with E-state index in [4.69, 9.17) is 9.72 Å². The Morgan fingerprint density at radius 3 is 2.29 bits per heavy atom. The summed E-state index contributed by atoms with van der Waals surface area (Å²) in [6.07, 6.45) is -3.75. The van der Waals surface area contributed by atoms with Gasteiger partial charge in [0.2, 0.25) is 15.9 Å². The molecule has 0 unspecified atom stereocenters. The average Bonchev–Trinajstić information content (AvgIpc) is 3.88. The fourth-order valence-corrected chi connectivity index (χ4v) is 9.81. The van der Waals surface area contributed by atoms with Crippen LogP contribution in [0.5, 0.6) is 0 Å². The van der Waals surface area contributed by atoms with Gasteiger partial charge in [0.25, 0.3) is 17.9 Å². The highest BCUT2D eigenvalue weighted by Crippen LogP contribution is 2.68. The fraction of sp³-hybridized carbons (Fsp3) is 0.286. The normalized spacial score (nSPS) is 18.8. The quantitative estimate of drug-likeness (QED) is 0.138. The molecule has 9 rings (SSSR count). The summed E-state index contributed by atoms with van der Waals surface area (Å²) in [5, 5.41) is 6.21. The molecule has 0 radical (unpaired) electrons. The Morgan fingerprint density at radius 1 is 0.903 bits per heavy atom. The van der Waals surface area contributed by atoms with Gasteiger partial charge in [-0.15, -0.1) is 0 Å². The molecule has 4 aromatic carbocycles. The molecule has 62 heavy (non-hydrogen) atoms. The van der Waals surface area contributed by atoms with Crippen LogP contribution in [0.1, 0.15) is 53.1 Å². The van der Waals surface area contributed by atoms with Gasteiger partial charge >= 0.3 is 0 Å². The zero-order valence-electron chi connectivity index (χ0n) is 32.0. The number of rotatable bonds is 11. The van der Waals surface area contributed by atoms with Crippen molar-refractivity contribution >= 4 is 26.8 Å². The smallest absolute Gasteiger partial charge is 0.293 e. The number of nitrogens with zero attached hydrogens (tertiary/aromatic N) is 5. The molecule has 0 bridgehead atoms. The van der Waals surface area contributed by atoms with Gasteiger partial charge in [0.05, 0.1) is 40.7 Å².